The second-order valence-electron chi connectivity index (χ2n) is 4.79. The smallest absolute Gasteiger partial charge is 0.308 e. The van der Waals surface area contributed by atoms with Crippen LogP contribution in [0.4, 0.5) is 0 Å². The van der Waals surface area contributed by atoms with Gasteiger partial charge in [0.2, 0.25) is 0 Å². The highest BCUT2D eigenvalue weighted by Crippen LogP contribution is 2.13. The van der Waals surface area contributed by atoms with Gasteiger partial charge in [0, 0.05) is 6.54 Å². The molecule has 0 atom stereocenters. The summed E-state index contributed by atoms with van der Waals surface area (Å²) in [5.41, 5.74) is 0.312. The molecule has 0 aromatic carbocycles. The Morgan fingerprint density at radius 1 is 1.38 bits per heavy atom. The number of rotatable bonds is 6. The zero-order valence-electron chi connectivity index (χ0n) is 12.4. The predicted molar refractivity (Wildman–Crippen MR) is 85.7 cm³/mol. The lowest BCUT2D eigenvalue weighted by Gasteiger charge is -2.05. The van der Waals surface area contributed by atoms with E-state index in [1.165, 1.54) is 23.7 Å². The van der Waals surface area contributed by atoms with Gasteiger partial charge < -0.3 is 19.5 Å². The Hall–Kier alpha value is -2.94. The molecule has 0 aliphatic rings. The van der Waals surface area contributed by atoms with Crippen molar-refractivity contribution in [3.63, 3.8) is 0 Å². The zero-order chi connectivity index (χ0) is 16.9. The molecule has 0 aliphatic carbocycles. The summed E-state index contributed by atoms with van der Waals surface area (Å²) < 4.78 is 10.5. The van der Waals surface area contributed by atoms with Gasteiger partial charge in [-0.15, -0.1) is 11.3 Å². The quantitative estimate of drug-likeness (QED) is 0.652. The highest BCUT2D eigenvalue weighted by Gasteiger charge is 2.11. The van der Waals surface area contributed by atoms with Gasteiger partial charge in [-0.3, -0.25) is 14.4 Å². The Bertz CT molecular complexity index is 913. The molecule has 3 aromatic heterocycles. The van der Waals surface area contributed by atoms with E-state index in [1.807, 2.05) is 0 Å². The number of aromatic nitrogens is 2. The van der Waals surface area contributed by atoms with Crippen molar-refractivity contribution < 1.29 is 18.7 Å². The van der Waals surface area contributed by atoms with Crippen LogP contribution in [-0.2, 0) is 16.1 Å². The molecule has 0 radical (unpaired) electrons. The van der Waals surface area contributed by atoms with Gasteiger partial charge in [-0.05, 0) is 23.6 Å². The minimum absolute atomic E-state index is 0.00260. The minimum Gasteiger partial charge on any atom is -0.459 e. The van der Waals surface area contributed by atoms with Crippen molar-refractivity contribution >= 4 is 33.4 Å². The molecule has 0 fully saturated rings. The van der Waals surface area contributed by atoms with Gasteiger partial charge in [0.25, 0.3) is 11.5 Å². The van der Waals surface area contributed by atoms with E-state index in [0.717, 1.165) is 0 Å². The van der Waals surface area contributed by atoms with Gasteiger partial charge in [-0.1, -0.05) is 0 Å². The Morgan fingerprint density at radius 3 is 3.04 bits per heavy atom. The monoisotopic (exact) mass is 347 g/mol. The number of thiophene rings is 1. The molecule has 3 heterocycles. The van der Waals surface area contributed by atoms with Crippen LogP contribution in [0.15, 0.2) is 39.1 Å². The van der Waals surface area contributed by atoms with Crippen molar-refractivity contribution in [1.29, 1.82) is 0 Å². The molecule has 0 saturated carbocycles. The molecule has 24 heavy (non-hydrogen) atoms. The summed E-state index contributed by atoms with van der Waals surface area (Å²) in [6.45, 7) is -0.0160. The van der Waals surface area contributed by atoms with E-state index in [1.54, 1.807) is 17.5 Å². The average Bonchev–Trinajstić information content (AvgIpc) is 3.24. The number of fused-ring (bicyclic) bond motifs is 1. The normalized spacial score (nSPS) is 10.7. The average molecular weight is 347 g/mol. The maximum atomic E-state index is 11.8. The summed E-state index contributed by atoms with van der Waals surface area (Å²) in [4.78, 5) is 41.8. The van der Waals surface area contributed by atoms with Crippen LogP contribution in [-0.4, -0.2) is 28.4 Å². The van der Waals surface area contributed by atoms with Crippen LogP contribution >= 0.6 is 11.3 Å². The van der Waals surface area contributed by atoms with E-state index in [-0.39, 0.29) is 36.7 Å². The number of H-pyrrole nitrogens is 1. The third kappa shape index (κ3) is 3.69. The van der Waals surface area contributed by atoms with Crippen molar-refractivity contribution in [2.45, 2.75) is 13.0 Å². The number of nitrogens with one attached hydrogen (secondary N) is 2. The van der Waals surface area contributed by atoms with Crippen LogP contribution in [0.25, 0.3) is 10.2 Å². The largest absolute Gasteiger partial charge is 0.459 e. The van der Waals surface area contributed by atoms with Crippen LogP contribution in [0.3, 0.4) is 0 Å². The second-order valence-corrected chi connectivity index (χ2v) is 5.71. The van der Waals surface area contributed by atoms with Crippen molar-refractivity contribution in [3.05, 3.63) is 51.8 Å². The number of furan rings is 1. The Labute approximate surface area is 139 Å². The number of hydrogen-bond donors (Lipinski definition) is 2. The van der Waals surface area contributed by atoms with Crippen LogP contribution in [0.1, 0.15) is 22.8 Å². The molecular weight excluding hydrogens is 334 g/mol. The van der Waals surface area contributed by atoms with Gasteiger partial charge in [0.05, 0.1) is 18.2 Å². The molecule has 1 amide bonds. The number of carbonyl (C=O) groups excluding carboxylic acids is 2. The van der Waals surface area contributed by atoms with E-state index in [2.05, 4.69) is 15.3 Å². The number of aromatic amines is 1. The third-order valence-corrected chi connectivity index (χ3v) is 4.00. The Morgan fingerprint density at radius 2 is 2.25 bits per heavy atom. The van der Waals surface area contributed by atoms with Crippen LogP contribution in [0, 0.1) is 0 Å². The summed E-state index contributed by atoms with van der Waals surface area (Å²) in [7, 11) is 0. The fourth-order valence-corrected chi connectivity index (χ4v) is 2.71. The highest BCUT2D eigenvalue weighted by atomic mass is 32.1. The number of ether oxygens (including phenoxy) is 1. The maximum Gasteiger partial charge on any atom is 0.308 e. The van der Waals surface area contributed by atoms with Crippen LogP contribution < -0.4 is 10.9 Å². The summed E-state index contributed by atoms with van der Waals surface area (Å²) >= 11 is 1.30. The van der Waals surface area contributed by atoms with Gasteiger partial charge in [-0.25, -0.2) is 4.98 Å². The molecule has 3 aromatic rings. The minimum atomic E-state index is -0.511. The number of hydrogen-bond acceptors (Lipinski definition) is 7. The fourth-order valence-electron chi connectivity index (χ4n) is 1.98. The van der Waals surface area contributed by atoms with Crippen LogP contribution in [0.2, 0.25) is 0 Å². The Kier molecular flexibility index (Phi) is 4.71. The zero-order valence-corrected chi connectivity index (χ0v) is 13.2. The van der Waals surface area contributed by atoms with E-state index in [9.17, 15) is 14.4 Å². The van der Waals surface area contributed by atoms with E-state index >= 15 is 0 Å². The van der Waals surface area contributed by atoms with Crippen molar-refractivity contribution in [3.8, 4) is 0 Å². The van der Waals surface area contributed by atoms with Gasteiger partial charge in [0.15, 0.2) is 5.76 Å². The molecule has 0 unspecified atom stereocenters. The lowest BCUT2D eigenvalue weighted by molar-refractivity contribution is -0.145. The molecule has 0 spiro atoms. The van der Waals surface area contributed by atoms with E-state index < -0.39 is 11.9 Å². The number of esters is 1. The number of amides is 1. The lowest BCUT2D eigenvalue weighted by Crippen LogP contribution is -2.26. The molecule has 0 bridgehead atoms. The SMILES string of the molecule is O=C(CCNC(=O)c1ccco1)OCc1nc2ccsc2c(=O)[nH]1. The first kappa shape index (κ1) is 15.9. The molecule has 0 saturated heterocycles. The maximum absolute atomic E-state index is 11.8. The molecular formula is C15H13N3O5S. The topological polar surface area (TPSA) is 114 Å². The molecule has 124 valence electrons. The third-order valence-electron chi connectivity index (χ3n) is 3.09. The summed E-state index contributed by atoms with van der Waals surface area (Å²) in [5.74, 6) is -0.461. The number of carbonyl (C=O) groups is 2. The van der Waals surface area contributed by atoms with E-state index in [4.69, 9.17) is 9.15 Å². The molecule has 2 N–H and O–H groups in total. The standard InChI is InChI=1S/C15H13N3O5S/c19-12(3-5-16-14(20)10-2-1-6-22-10)23-8-11-17-9-4-7-24-13(9)15(21)18-11/h1-2,4,6-7H,3,5,8H2,(H,16,20)(H,17,18,21). The van der Waals surface area contributed by atoms with Gasteiger partial charge in [0.1, 0.15) is 17.1 Å². The summed E-state index contributed by atoms with van der Waals surface area (Å²) in [6, 6.07) is 4.85. The first-order chi connectivity index (χ1) is 11.6. The Balaban J connectivity index is 1.46. The lowest BCUT2D eigenvalue weighted by atomic mass is 10.4. The van der Waals surface area contributed by atoms with Crippen molar-refractivity contribution in [2.75, 3.05) is 6.54 Å². The fraction of sp³-hybridized carbons (Fsp3) is 0.200. The number of nitrogens with zero attached hydrogens (tertiary/aromatic N) is 1. The summed E-state index contributed by atoms with van der Waals surface area (Å²) in [6.07, 6.45) is 1.39. The van der Waals surface area contributed by atoms with Gasteiger partial charge in [-0.2, -0.15) is 0 Å². The first-order valence-corrected chi connectivity index (χ1v) is 7.95. The first-order valence-electron chi connectivity index (χ1n) is 7.07. The highest BCUT2D eigenvalue weighted by molar-refractivity contribution is 7.17. The predicted octanol–water partition coefficient (Wildman–Crippen LogP) is 1.44. The van der Waals surface area contributed by atoms with Gasteiger partial charge >= 0.3 is 5.97 Å². The van der Waals surface area contributed by atoms with E-state index in [0.29, 0.717) is 10.2 Å². The molecule has 0 aliphatic heterocycles. The van der Waals surface area contributed by atoms with Crippen LogP contribution in [0.5, 0.6) is 0 Å². The molecule has 9 heteroatoms. The second kappa shape index (κ2) is 7.09. The molecule has 8 nitrogen and oxygen atoms in total. The molecule has 3 rings (SSSR count). The van der Waals surface area contributed by atoms with Crippen molar-refractivity contribution in [1.82, 2.24) is 15.3 Å². The summed E-state index contributed by atoms with van der Waals surface area (Å²) in [5, 5.41) is 4.31. The van der Waals surface area contributed by atoms with Crippen molar-refractivity contribution in [2.24, 2.45) is 0 Å².